The Hall–Kier alpha value is -1.87. The molecule has 0 aliphatic heterocycles. The lowest BCUT2D eigenvalue weighted by Crippen LogP contribution is -2.07. The van der Waals surface area contributed by atoms with Crippen molar-refractivity contribution in [1.82, 2.24) is 0 Å². The van der Waals surface area contributed by atoms with Crippen LogP contribution in [-0.4, -0.2) is 11.7 Å². The summed E-state index contributed by atoms with van der Waals surface area (Å²) in [5.41, 5.74) is 3.12. The number of halogens is 1. The van der Waals surface area contributed by atoms with Crippen molar-refractivity contribution >= 4 is 5.69 Å². The molecular formula is C17H20FNO. The summed E-state index contributed by atoms with van der Waals surface area (Å²) >= 11 is 0. The summed E-state index contributed by atoms with van der Waals surface area (Å²) < 4.78 is 13.2. The zero-order valence-electron chi connectivity index (χ0n) is 11.6. The van der Waals surface area contributed by atoms with Crippen LogP contribution in [0.1, 0.15) is 30.5 Å². The highest BCUT2D eigenvalue weighted by Crippen LogP contribution is 2.21. The Labute approximate surface area is 119 Å². The van der Waals surface area contributed by atoms with E-state index in [1.807, 2.05) is 31.2 Å². The fourth-order valence-corrected chi connectivity index (χ4v) is 2.21. The van der Waals surface area contributed by atoms with Gasteiger partial charge in [-0.15, -0.1) is 0 Å². The third kappa shape index (κ3) is 4.07. The van der Waals surface area contributed by atoms with Gasteiger partial charge in [-0.2, -0.15) is 0 Å². The van der Waals surface area contributed by atoms with Crippen LogP contribution < -0.4 is 5.32 Å². The maximum Gasteiger partial charge on any atom is 0.123 e. The van der Waals surface area contributed by atoms with E-state index in [1.54, 1.807) is 12.1 Å². The topological polar surface area (TPSA) is 32.3 Å². The van der Waals surface area contributed by atoms with Gasteiger partial charge in [0.1, 0.15) is 5.82 Å². The molecule has 3 heteroatoms. The molecule has 2 rings (SSSR count). The standard InChI is InChI=1S/C17H20FNO/c1-13(15-7-3-8-16(18)12-15)19-17-9-2-5-14(11-17)6-4-10-20/h2-3,5,7-9,11-13,19-20H,4,6,10H2,1H3. The first-order valence-corrected chi connectivity index (χ1v) is 6.91. The third-order valence-electron chi connectivity index (χ3n) is 3.28. The summed E-state index contributed by atoms with van der Waals surface area (Å²) in [7, 11) is 0. The molecule has 0 aromatic heterocycles. The van der Waals surface area contributed by atoms with Crippen LogP contribution in [0, 0.1) is 5.82 Å². The van der Waals surface area contributed by atoms with Crippen molar-refractivity contribution in [2.75, 3.05) is 11.9 Å². The largest absolute Gasteiger partial charge is 0.396 e. The van der Waals surface area contributed by atoms with Gasteiger partial charge in [-0.05, 0) is 55.2 Å². The molecular weight excluding hydrogens is 253 g/mol. The molecule has 0 aliphatic carbocycles. The second kappa shape index (κ2) is 7.06. The molecule has 0 amide bonds. The van der Waals surface area contributed by atoms with Crippen LogP contribution in [0.3, 0.4) is 0 Å². The number of hydrogen-bond donors (Lipinski definition) is 2. The zero-order chi connectivity index (χ0) is 14.4. The van der Waals surface area contributed by atoms with Crippen LogP contribution >= 0.6 is 0 Å². The molecule has 1 unspecified atom stereocenters. The van der Waals surface area contributed by atoms with E-state index >= 15 is 0 Å². The van der Waals surface area contributed by atoms with Crippen molar-refractivity contribution in [3.63, 3.8) is 0 Å². The summed E-state index contributed by atoms with van der Waals surface area (Å²) in [4.78, 5) is 0. The fourth-order valence-electron chi connectivity index (χ4n) is 2.21. The van der Waals surface area contributed by atoms with Gasteiger partial charge in [0.25, 0.3) is 0 Å². The Morgan fingerprint density at radius 3 is 2.70 bits per heavy atom. The van der Waals surface area contributed by atoms with Crippen molar-refractivity contribution in [3.05, 3.63) is 65.5 Å². The minimum absolute atomic E-state index is 0.0405. The minimum Gasteiger partial charge on any atom is -0.396 e. The zero-order valence-corrected chi connectivity index (χ0v) is 11.6. The molecule has 2 aromatic carbocycles. The van der Waals surface area contributed by atoms with Crippen molar-refractivity contribution in [1.29, 1.82) is 0 Å². The van der Waals surface area contributed by atoms with E-state index in [1.165, 1.54) is 11.6 Å². The fraction of sp³-hybridized carbons (Fsp3) is 0.294. The molecule has 0 spiro atoms. The van der Waals surface area contributed by atoms with Gasteiger partial charge in [-0.25, -0.2) is 4.39 Å². The molecule has 0 fully saturated rings. The quantitative estimate of drug-likeness (QED) is 0.836. The lowest BCUT2D eigenvalue weighted by atomic mass is 10.1. The first-order valence-electron chi connectivity index (χ1n) is 6.91. The number of benzene rings is 2. The van der Waals surface area contributed by atoms with Crippen LogP contribution in [0.5, 0.6) is 0 Å². The molecule has 20 heavy (non-hydrogen) atoms. The molecule has 0 radical (unpaired) electrons. The van der Waals surface area contributed by atoms with Crippen molar-refractivity contribution in [2.45, 2.75) is 25.8 Å². The Morgan fingerprint density at radius 1 is 1.15 bits per heavy atom. The average molecular weight is 273 g/mol. The lowest BCUT2D eigenvalue weighted by molar-refractivity contribution is 0.288. The SMILES string of the molecule is CC(Nc1cccc(CCCO)c1)c1cccc(F)c1. The molecule has 2 aromatic rings. The van der Waals surface area contributed by atoms with Crippen molar-refractivity contribution < 1.29 is 9.50 Å². The third-order valence-corrected chi connectivity index (χ3v) is 3.28. The average Bonchev–Trinajstić information content (AvgIpc) is 2.45. The number of aliphatic hydroxyl groups excluding tert-OH is 1. The van der Waals surface area contributed by atoms with Gasteiger partial charge in [0.05, 0.1) is 0 Å². The van der Waals surface area contributed by atoms with Gasteiger partial charge in [0, 0.05) is 18.3 Å². The van der Waals surface area contributed by atoms with Crippen LogP contribution in [-0.2, 0) is 6.42 Å². The smallest absolute Gasteiger partial charge is 0.123 e. The van der Waals surface area contributed by atoms with Crippen molar-refractivity contribution in [3.8, 4) is 0 Å². The van der Waals surface area contributed by atoms with Gasteiger partial charge in [0.15, 0.2) is 0 Å². The molecule has 2 N–H and O–H groups in total. The number of nitrogens with one attached hydrogen (secondary N) is 1. The Morgan fingerprint density at radius 2 is 1.95 bits per heavy atom. The van der Waals surface area contributed by atoms with Crippen LogP contribution in [0.25, 0.3) is 0 Å². The summed E-state index contributed by atoms with van der Waals surface area (Å²) in [5.74, 6) is -0.215. The number of aliphatic hydroxyl groups is 1. The van der Waals surface area contributed by atoms with Crippen LogP contribution in [0.4, 0.5) is 10.1 Å². The summed E-state index contributed by atoms with van der Waals surface area (Å²) in [6, 6.07) is 14.8. The van der Waals surface area contributed by atoms with E-state index in [0.717, 1.165) is 24.1 Å². The van der Waals surface area contributed by atoms with E-state index in [9.17, 15) is 4.39 Å². The molecule has 106 valence electrons. The lowest BCUT2D eigenvalue weighted by Gasteiger charge is -2.16. The minimum atomic E-state index is -0.215. The molecule has 0 saturated carbocycles. The predicted molar refractivity (Wildman–Crippen MR) is 80.3 cm³/mol. The molecule has 2 nitrogen and oxygen atoms in total. The van der Waals surface area contributed by atoms with Gasteiger partial charge >= 0.3 is 0 Å². The number of rotatable bonds is 6. The van der Waals surface area contributed by atoms with E-state index in [4.69, 9.17) is 5.11 Å². The Kier molecular flexibility index (Phi) is 5.13. The summed E-state index contributed by atoms with van der Waals surface area (Å²) in [6.07, 6.45) is 1.63. The monoisotopic (exact) mass is 273 g/mol. The van der Waals surface area contributed by atoms with E-state index in [-0.39, 0.29) is 18.5 Å². The Bertz CT molecular complexity index is 556. The van der Waals surface area contributed by atoms with E-state index in [0.29, 0.717) is 0 Å². The number of hydrogen-bond acceptors (Lipinski definition) is 2. The van der Waals surface area contributed by atoms with E-state index < -0.39 is 0 Å². The highest BCUT2D eigenvalue weighted by Gasteiger charge is 2.06. The van der Waals surface area contributed by atoms with Gasteiger partial charge in [0.2, 0.25) is 0 Å². The van der Waals surface area contributed by atoms with Gasteiger partial charge in [-0.1, -0.05) is 24.3 Å². The predicted octanol–water partition coefficient (Wildman–Crippen LogP) is 3.92. The first-order chi connectivity index (χ1) is 9.69. The maximum absolute atomic E-state index is 13.2. The highest BCUT2D eigenvalue weighted by molar-refractivity contribution is 5.47. The van der Waals surface area contributed by atoms with Crippen LogP contribution in [0.15, 0.2) is 48.5 Å². The molecule has 0 bridgehead atoms. The van der Waals surface area contributed by atoms with Gasteiger partial charge < -0.3 is 10.4 Å². The molecule has 0 aliphatic rings. The normalized spacial score (nSPS) is 12.2. The molecule has 1 atom stereocenters. The highest BCUT2D eigenvalue weighted by atomic mass is 19.1. The second-order valence-electron chi connectivity index (χ2n) is 4.95. The number of aryl methyl sites for hydroxylation is 1. The number of anilines is 1. The summed E-state index contributed by atoms with van der Waals surface area (Å²) in [6.45, 7) is 2.21. The summed E-state index contributed by atoms with van der Waals surface area (Å²) in [5, 5.41) is 12.2. The molecule has 0 heterocycles. The van der Waals surface area contributed by atoms with Crippen molar-refractivity contribution in [2.24, 2.45) is 0 Å². The second-order valence-corrected chi connectivity index (χ2v) is 4.95. The van der Waals surface area contributed by atoms with Gasteiger partial charge in [-0.3, -0.25) is 0 Å². The van der Waals surface area contributed by atoms with E-state index in [2.05, 4.69) is 11.4 Å². The maximum atomic E-state index is 13.2. The first kappa shape index (κ1) is 14.5. The Balaban J connectivity index is 2.05. The molecule has 0 saturated heterocycles. The van der Waals surface area contributed by atoms with Crippen LogP contribution in [0.2, 0.25) is 0 Å².